The Bertz CT molecular complexity index is 337. The summed E-state index contributed by atoms with van der Waals surface area (Å²) in [6.07, 6.45) is -0.0551. The van der Waals surface area contributed by atoms with Crippen LogP contribution in [0.25, 0.3) is 0 Å². The van der Waals surface area contributed by atoms with Crippen LogP contribution in [0.1, 0.15) is 25.7 Å². The van der Waals surface area contributed by atoms with Crippen LogP contribution in [0.3, 0.4) is 0 Å². The molecule has 1 aliphatic carbocycles. The molecule has 2 spiro atoms. The van der Waals surface area contributed by atoms with E-state index in [1.807, 2.05) is 0 Å². The number of ether oxygens (including phenoxy) is 3. The van der Waals surface area contributed by atoms with E-state index in [2.05, 4.69) is 0 Å². The van der Waals surface area contributed by atoms with E-state index in [1.54, 1.807) is 0 Å². The maximum Gasteiger partial charge on any atom is 0.338 e. The molecule has 2 N–H and O–H groups in total. The Morgan fingerprint density at radius 2 is 1.76 bits per heavy atom. The van der Waals surface area contributed by atoms with Gasteiger partial charge in [0.15, 0.2) is 11.7 Å². The SMILES string of the molecule is O=C1OC2(CCCCC23OCCO3)[C@H](O)[C@@H]1O. The van der Waals surface area contributed by atoms with E-state index in [1.165, 1.54) is 0 Å². The van der Waals surface area contributed by atoms with Crippen LogP contribution in [0.5, 0.6) is 0 Å². The molecule has 0 bridgehead atoms. The molecule has 3 fully saturated rings. The average Bonchev–Trinajstić information content (AvgIpc) is 2.86. The monoisotopic (exact) mass is 244 g/mol. The Morgan fingerprint density at radius 1 is 1.12 bits per heavy atom. The van der Waals surface area contributed by atoms with E-state index in [-0.39, 0.29) is 0 Å². The first kappa shape index (κ1) is 11.4. The van der Waals surface area contributed by atoms with E-state index >= 15 is 0 Å². The Kier molecular flexibility index (Phi) is 2.45. The summed E-state index contributed by atoms with van der Waals surface area (Å²) in [7, 11) is 0. The third-order valence-corrected chi connectivity index (χ3v) is 4.00. The zero-order valence-corrected chi connectivity index (χ0v) is 9.42. The zero-order chi connectivity index (χ0) is 12.1. The number of aliphatic hydroxyl groups excluding tert-OH is 2. The van der Waals surface area contributed by atoms with E-state index < -0.39 is 29.6 Å². The highest BCUT2D eigenvalue weighted by atomic mass is 16.8. The summed E-state index contributed by atoms with van der Waals surface area (Å²) in [5, 5.41) is 19.7. The second-order valence-electron chi connectivity index (χ2n) is 4.86. The van der Waals surface area contributed by atoms with Gasteiger partial charge in [-0.3, -0.25) is 0 Å². The van der Waals surface area contributed by atoms with Crippen molar-refractivity contribution in [3.63, 3.8) is 0 Å². The van der Waals surface area contributed by atoms with Gasteiger partial charge >= 0.3 is 5.97 Å². The topological polar surface area (TPSA) is 85.2 Å². The average molecular weight is 244 g/mol. The third kappa shape index (κ3) is 1.32. The van der Waals surface area contributed by atoms with Gasteiger partial charge in [0.1, 0.15) is 6.10 Å². The van der Waals surface area contributed by atoms with E-state index in [4.69, 9.17) is 14.2 Å². The third-order valence-electron chi connectivity index (χ3n) is 4.00. The summed E-state index contributed by atoms with van der Waals surface area (Å²) in [4.78, 5) is 11.5. The molecule has 3 rings (SSSR count). The molecule has 17 heavy (non-hydrogen) atoms. The van der Waals surface area contributed by atoms with E-state index in [0.717, 1.165) is 12.8 Å². The molecule has 96 valence electrons. The Balaban J connectivity index is 2.00. The number of hydrogen-bond acceptors (Lipinski definition) is 6. The summed E-state index contributed by atoms with van der Waals surface area (Å²) in [5.74, 6) is -1.87. The van der Waals surface area contributed by atoms with Crippen LogP contribution in [0.2, 0.25) is 0 Å². The lowest BCUT2D eigenvalue weighted by molar-refractivity contribution is -0.302. The molecule has 3 aliphatic rings. The fraction of sp³-hybridized carbons (Fsp3) is 0.909. The van der Waals surface area contributed by atoms with Crippen LogP contribution >= 0.6 is 0 Å². The number of fused-ring (bicyclic) bond motifs is 1. The van der Waals surface area contributed by atoms with Crippen molar-refractivity contribution in [3.8, 4) is 0 Å². The second kappa shape index (κ2) is 3.65. The first-order valence-electron chi connectivity index (χ1n) is 5.98. The molecular weight excluding hydrogens is 228 g/mol. The van der Waals surface area contributed by atoms with Gasteiger partial charge in [0.05, 0.1) is 13.2 Å². The van der Waals surface area contributed by atoms with Crippen molar-refractivity contribution in [1.29, 1.82) is 0 Å². The molecule has 1 saturated carbocycles. The predicted molar refractivity (Wildman–Crippen MR) is 53.9 cm³/mol. The summed E-state index contributed by atoms with van der Waals surface area (Å²) in [6, 6.07) is 0. The van der Waals surface area contributed by atoms with Gasteiger partial charge in [0, 0.05) is 6.42 Å². The number of carbonyl (C=O) groups is 1. The summed E-state index contributed by atoms with van der Waals surface area (Å²) < 4.78 is 16.5. The lowest BCUT2D eigenvalue weighted by atomic mass is 9.75. The molecule has 2 heterocycles. The fourth-order valence-electron chi connectivity index (χ4n) is 3.18. The van der Waals surface area contributed by atoms with Crippen LogP contribution < -0.4 is 0 Å². The van der Waals surface area contributed by atoms with Gasteiger partial charge in [0.2, 0.25) is 5.79 Å². The highest BCUT2D eigenvalue weighted by molar-refractivity contribution is 5.79. The van der Waals surface area contributed by atoms with Crippen molar-refractivity contribution >= 4 is 5.97 Å². The van der Waals surface area contributed by atoms with Crippen molar-refractivity contribution in [2.75, 3.05) is 13.2 Å². The van der Waals surface area contributed by atoms with Crippen LogP contribution in [-0.2, 0) is 19.0 Å². The molecule has 6 nitrogen and oxygen atoms in total. The minimum Gasteiger partial charge on any atom is -0.448 e. The minimum absolute atomic E-state index is 0.419. The summed E-state index contributed by atoms with van der Waals surface area (Å²) in [6.45, 7) is 0.838. The van der Waals surface area contributed by atoms with Crippen molar-refractivity contribution in [3.05, 3.63) is 0 Å². The Hall–Kier alpha value is -0.690. The summed E-state index contributed by atoms with van der Waals surface area (Å²) >= 11 is 0. The molecule has 3 atom stereocenters. The molecule has 1 unspecified atom stereocenters. The Morgan fingerprint density at radius 3 is 2.35 bits per heavy atom. The number of hydrogen-bond donors (Lipinski definition) is 2. The van der Waals surface area contributed by atoms with Gasteiger partial charge < -0.3 is 24.4 Å². The van der Waals surface area contributed by atoms with E-state index in [9.17, 15) is 15.0 Å². The van der Waals surface area contributed by atoms with Crippen LogP contribution in [-0.4, -0.2) is 53.0 Å². The number of carbonyl (C=O) groups excluding carboxylic acids is 1. The van der Waals surface area contributed by atoms with Crippen molar-refractivity contribution in [1.82, 2.24) is 0 Å². The standard InChI is InChI=1S/C11H16O6/c12-7-8(13)10(17-9(7)14)3-1-2-4-11(10)15-5-6-16-11/h7-8,12-13H,1-6H2/t7-,8+,10?/m0/s1. The summed E-state index contributed by atoms with van der Waals surface area (Å²) in [5.41, 5.74) is -1.24. The quantitative estimate of drug-likeness (QED) is 0.549. The molecular formula is C11H16O6. The van der Waals surface area contributed by atoms with Crippen molar-refractivity contribution < 1.29 is 29.2 Å². The lowest BCUT2D eigenvalue weighted by Crippen LogP contribution is -2.63. The predicted octanol–water partition coefficient (Wildman–Crippen LogP) is -0.679. The minimum atomic E-state index is -1.50. The number of esters is 1. The molecule has 2 saturated heterocycles. The van der Waals surface area contributed by atoms with Gasteiger partial charge in [0.25, 0.3) is 0 Å². The van der Waals surface area contributed by atoms with Gasteiger partial charge in [-0.05, 0) is 19.3 Å². The Labute approximate surface area is 98.5 Å². The molecule has 0 aromatic rings. The molecule has 2 aliphatic heterocycles. The van der Waals surface area contributed by atoms with Crippen LogP contribution in [0.15, 0.2) is 0 Å². The maximum absolute atomic E-state index is 11.5. The highest BCUT2D eigenvalue weighted by Gasteiger charge is 2.69. The van der Waals surface area contributed by atoms with Crippen LogP contribution in [0.4, 0.5) is 0 Å². The highest BCUT2D eigenvalue weighted by Crippen LogP contribution is 2.50. The van der Waals surface area contributed by atoms with Gasteiger partial charge in [-0.1, -0.05) is 0 Å². The second-order valence-corrected chi connectivity index (χ2v) is 4.86. The first-order chi connectivity index (χ1) is 8.11. The molecule has 6 heteroatoms. The van der Waals surface area contributed by atoms with Gasteiger partial charge in [-0.15, -0.1) is 0 Å². The van der Waals surface area contributed by atoms with Gasteiger partial charge in [-0.25, -0.2) is 4.79 Å². The maximum atomic E-state index is 11.5. The molecule has 0 aromatic carbocycles. The largest absolute Gasteiger partial charge is 0.448 e. The smallest absolute Gasteiger partial charge is 0.338 e. The molecule has 0 amide bonds. The normalized spacial score (nSPS) is 44.5. The number of rotatable bonds is 0. The number of aliphatic hydroxyl groups is 2. The molecule has 0 radical (unpaired) electrons. The molecule has 0 aromatic heterocycles. The lowest BCUT2D eigenvalue weighted by Gasteiger charge is -2.47. The van der Waals surface area contributed by atoms with Crippen molar-refractivity contribution in [2.45, 2.75) is 49.3 Å². The fourth-order valence-corrected chi connectivity index (χ4v) is 3.18. The van der Waals surface area contributed by atoms with E-state index in [0.29, 0.717) is 26.1 Å². The van der Waals surface area contributed by atoms with Crippen LogP contribution in [0, 0.1) is 0 Å². The van der Waals surface area contributed by atoms with Gasteiger partial charge in [-0.2, -0.15) is 0 Å². The zero-order valence-electron chi connectivity index (χ0n) is 9.42. The first-order valence-corrected chi connectivity index (χ1v) is 5.98. The van der Waals surface area contributed by atoms with Crippen molar-refractivity contribution in [2.24, 2.45) is 0 Å².